The number of anilines is 1. The highest BCUT2D eigenvalue weighted by Gasteiger charge is 2.24. The maximum Gasteiger partial charge on any atom is 0.223 e. The summed E-state index contributed by atoms with van der Waals surface area (Å²) in [5, 5.41) is 11.5. The van der Waals surface area contributed by atoms with E-state index in [-0.39, 0.29) is 17.2 Å². The van der Waals surface area contributed by atoms with Crippen molar-refractivity contribution in [1.29, 1.82) is 5.26 Å². The fourth-order valence-electron chi connectivity index (χ4n) is 1.27. The SMILES string of the molecule is CC(=O)Nc1occ(C(C)(C)C)c1C#N. The molecule has 0 spiro atoms. The first kappa shape index (κ1) is 11.3. The van der Waals surface area contributed by atoms with Crippen LogP contribution in [0.4, 0.5) is 5.88 Å². The van der Waals surface area contributed by atoms with Gasteiger partial charge in [0.1, 0.15) is 11.6 Å². The van der Waals surface area contributed by atoms with Gasteiger partial charge < -0.3 is 4.42 Å². The van der Waals surface area contributed by atoms with Crippen LogP contribution in [0.25, 0.3) is 0 Å². The Morgan fingerprint density at radius 2 is 2.13 bits per heavy atom. The summed E-state index contributed by atoms with van der Waals surface area (Å²) in [6.07, 6.45) is 1.52. The normalized spacial score (nSPS) is 10.9. The number of nitriles is 1. The number of hydrogen-bond acceptors (Lipinski definition) is 3. The molecule has 0 bridgehead atoms. The van der Waals surface area contributed by atoms with Gasteiger partial charge in [-0.2, -0.15) is 5.26 Å². The van der Waals surface area contributed by atoms with Gasteiger partial charge >= 0.3 is 0 Å². The lowest BCUT2D eigenvalue weighted by Gasteiger charge is -2.16. The molecule has 0 saturated carbocycles. The molecule has 0 aromatic carbocycles. The number of furan rings is 1. The Morgan fingerprint density at radius 3 is 2.53 bits per heavy atom. The van der Waals surface area contributed by atoms with Crippen LogP contribution >= 0.6 is 0 Å². The quantitative estimate of drug-likeness (QED) is 0.767. The van der Waals surface area contributed by atoms with Crippen molar-refractivity contribution < 1.29 is 9.21 Å². The predicted octanol–water partition coefficient (Wildman–Crippen LogP) is 2.41. The molecule has 0 atom stereocenters. The molecular weight excluding hydrogens is 192 g/mol. The molecule has 1 amide bonds. The summed E-state index contributed by atoms with van der Waals surface area (Å²) in [4.78, 5) is 10.9. The molecule has 0 saturated heterocycles. The van der Waals surface area contributed by atoms with Crippen LogP contribution < -0.4 is 5.32 Å². The van der Waals surface area contributed by atoms with Crippen molar-refractivity contribution in [1.82, 2.24) is 0 Å². The van der Waals surface area contributed by atoms with Gasteiger partial charge in [-0.1, -0.05) is 20.8 Å². The maximum atomic E-state index is 10.9. The van der Waals surface area contributed by atoms with Crippen molar-refractivity contribution in [3.05, 3.63) is 17.4 Å². The van der Waals surface area contributed by atoms with Gasteiger partial charge in [0.05, 0.1) is 6.26 Å². The number of carbonyl (C=O) groups excluding carboxylic acids is 1. The van der Waals surface area contributed by atoms with Crippen molar-refractivity contribution in [2.45, 2.75) is 33.1 Å². The van der Waals surface area contributed by atoms with Crippen molar-refractivity contribution in [3.8, 4) is 6.07 Å². The van der Waals surface area contributed by atoms with Crippen LogP contribution in [-0.4, -0.2) is 5.91 Å². The third-order valence-corrected chi connectivity index (χ3v) is 2.00. The average molecular weight is 206 g/mol. The van der Waals surface area contributed by atoms with Gasteiger partial charge in [0, 0.05) is 12.5 Å². The molecule has 0 aliphatic carbocycles. The molecule has 15 heavy (non-hydrogen) atoms. The largest absolute Gasteiger partial charge is 0.447 e. The van der Waals surface area contributed by atoms with Crippen LogP contribution in [0.3, 0.4) is 0 Å². The van der Waals surface area contributed by atoms with Crippen LogP contribution in [0.15, 0.2) is 10.7 Å². The van der Waals surface area contributed by atoms with E-state index in [4.69, 9.17) is 9.68 Å². The van der Waals surface area contributed by atoms with Gasteiger partial charge in [0.15, 0.2) is 0 Å². The number of nitrogens with one attached hydrogen (secondary N) is 1. The molecule has 0 aliphatic rings. The van der Waals surface area contributed by atoms with Crippen LogP contribution in [0.5, 0.6) is 0 Å². The molecule has 1 aromatic rings. The highest BCUT2D eigenvalue weighted by molar-refractivity contribution is 5.88. The van der Waals surface area contributed by atoms with Crippen molar-refractivity contribution in [2.24, 2.45) is 0 Å². The van der Waals surface area contributed by atoms with Gasteiger partial charge in [0.25, 0.3) is 0 Å². The number of hydrogen-bond donors (Lipinski definition) is 1. The van der Waals surface area contributed by atoms with Gasteiger partial charge in [-0.15, -0.1) is 0 Å². The van der Waals surface area contributed by atoms with E-state index in [1.165, 1.54) is 13.2 Å². The molecule has 1 N–H and O–H groups in total. The lowest BCUT2D eigenvalue weighted by atomic mass is 9.86. The molecule has 0 aliphatic heterocycles. The second kappa shape index (κ2) is 3.77. The monoisotopic (exact) mass is 206 g/mol. The summed E-state index contributed by atoms with van der Waals surface area (Å²) < 4.78 is 5.17. The fourth-order valence-corrected chi connectivity index (χ4v) is 1.27. The van der Waals surface area contributed by atoms with E-state index in [0.29, 0.717) is 5.56 Å². The minimum atomic E-state index is -0.249. The zero-order valence-electron chi connectivity index (χ0n) is 9.34. The number of rotatable bonds is 1. The van der Waals surface area contributed by atoms with Crippen LogP contribution in [0.1, 0.15) is 38.8 Å². The molecule has 0 unspecified atom stereocenters. The summed E-state index contributed by atoms with van der Waals surface area (Å²) in [5.74, 6) is -0.0174. The standard InChI is InChI=1S/C11H14N2O2/c1-7(14)13-10-8(5-12)9(6-15-10)11(2,3)4/h6H,1-4H3,(H,13,14). The minimum absolute atomic E-state index is 0.175. The number of carbonyl (C=O) groups is 1. The summed E-state index contributed by atoms with van der Waals surface area (Å²) in [6, 6.07) is 2.05. The average Bonchev–Trinajstić information content (AvgIpc) is 2.45. The zero-order valence-corrected chi connectivity index (χ0v) is 9.34. The summed E-state index contributed by atoms with van der Waals surface area (Å²) >= 11 is 0. The van der Waals surface area contributed by atoms with E-state index >= 15 is 0 Å². The highest BCUT2D eigenvalue weighted by Crippen LogP contribution is 2.31. The molecule has 1 heterocycles. The Labute approximate surface area is 88.9 Å². The first-order valence-corrected chi connectivity index (χ1v) is 4.66. The van der Waals surface area contributed by atoms with Gasteiger partial charge in [-0.05, 0) is 5.41 Å². The Kier molecular flexibility index (Phi) is 2.85. The fraction of sp³-hybridized carbons (Fsp3) is 0.455. The van der Waals surface area contributed by atoms with E-state index < -0.39 is 0 Å². The summed E-state index contributed by atoms with van der Waals surface area (Å²) in [5.41, 5.74) is 1.03. The minimum Gasteiger partial charge on any atom is -0.447 e. The molecule has 1 rings (SSSR count). The van der Waals surface area contributed by atoms with Crippen LogP contribution in [-0.2, 0) is 10.2 Å². The first-order valence-electron chi connectivity index (χ1n) is 4.66. The molecule has 1 aromatic heterocycles. The smallest absolute Gasteiger partial charge is 0.223 e. The Balaban J connectivity index is 3.19. The topological polar surface area (TPSA) is 66.0 Å². The predicted molar refractivity (Wildman–Crippen MR) is 56.4 cm³/mol. The van der Waals surface area contributed by atoms with E-state index in [0.717, 1.165) is 5.56 Å². The highest BCUT2D eigenvalue weighted by atomic mass is 16.3. The molecule has 4 nitrogen and oxygen atoms in total. The van der Waals surface area contributed by atoms with Gasteiger partial charge in [-0.25, -0.2) is 0 Å². The van der Waals surface area contributed by atoms with Crippen LogP contribution in [0, 0.1) is 11.3 Å². The third kappa shape index (κ3) is 2.38. The Bertz CT molecular complexity index is 419. The van der Waals surface area contributed by atoms with Crippen LogP contribution in [0.2, 0.25) is 0 Å². The summed E-state index contributed by atoms with van der Waals surface area (Å²) in [6.45, 7) is 7.32. The molecular formula is C11H14N2O2. The van der Waals surface area contributed by atoms with Crippen molar-refractivity contribution >= 4 is 11.8 Å². The molecule has 0 fully saturated rings. The van der Waals surface area contributed by atoms with E-state index in [2.05, 4.69) is 5.32 Å². The van der Waals surface area contributed by atoms with E-state index in [9.17, 15) is 4.79 Å². The van der Waals surface area contributed by atoms with Gasteiger partial charge in [-0.3, -0.25) is 10.1 Å². The number of nitrogens with zero attached hydrogens (tertiary/aromatic N) is 1. The van der Waals surface area contributed by atoms with Crippen molar-refractivity contribution in [2.75, 3.05) is 5.32 Å². The maximum absolute atomic E-state index is 10.9. The third-order valence-electron chi connectivity index (χ3n) is 2.00. The summed E-state index contributed by atoms with van der Waals surface area (Å²) in [7, 11) is 0. The molecule has 4 heteroatoms. The van der Waals surface area contributed by atoms with Crippen molar-refractivity contribution in [3.63, 3.8) is 0 Å². The molecule has 0 radical (unpaired) electrons. The second-order valence-electron chi connectivity index (χ2n) is 4.40. The Hall–Kier alpha value is -1.76. The van der Waals surface area contributed by atoms with E-state index in [1.807, 2.05) is 26.8 Å². The zero-order chi connectivity index (χ0) is 11.6. The van der Waals surface area contributed by atoms with Gasteiger partial charge in [0.2, 0.25) is 11.8 Å². The lowest BCUT2D eigenvalue weighted by molar-refractivity contribution is -0.114. The second-order valence-corrected chi connectivity index (χ2v) is 4.40. The first-order chi connectivity index (χ1) is 6.86. The van der Waals surface area contributed by atoms with E-state index in [1.54, 1.807) is 0 Å². The lowest BCUT2D eigenvalue weighted by Crippen LogP contribution is -2.12. The molecule has 80 valence electrons. The number of amides is 1. The Morgan fingerprint density at radius 1 is 1.53 bits per heavy atom.